The SMILES string of the molecule is CCCCCC(C)(O)Cc1c(Cl)c(C)nn1CC. The van der Waals surface area contributed by atoms with Gasteiger partial charge in [0.25, 0.3) is 0 Å². The Balaban J connectivity index is 2.76. The third-order valence-electron chi connectivity index (χ3n) is 3.32. The molecule has 0 saturated carbocycles. The fourth-order valence-electron chi connectivity index (χ4n) is 2.24. The largest absolute Gasteiger partial charge is 0.390 e. The maximum absolute atomic E-state index is 10.4. The third-order valence-corrected chi connectivity index (χ3v) is 3.81. The number of halogens is 1. The van der Waals surface area contributed by atoms with Gasteiger partial charge in [0.2, 0.25) is 0 Å². The number of hydrogen-bond donors (Lipinski definition) is 1. The number of aliphatic hydroxyl groups is 1. The predicted octanol–water partition coefficient (Wildman–Crippen LogP) is 3.74. The van der Waals surface area contributed by atoms with Gasteiger partial charge >= 0.3 is 0 Å². The van der Waals surface area contributed by atoms with Gasteiger partial charge in [-0.2, -0.15) is 5.10 Å². The quantitative estimate of drug-likeness (QED) is 0.768. The molecule has 1 heterocycles. The molecule has 1 N–H and O–H groups in total. The summed E-state index contributed by atoms with van der Waals surface area (Å²) in [6, 6.07) is 0. The van der Waals surface area contributed by atoms with Crippen LogP contribution in [0.2, 0.25) is 5.02 Å². The summed E-state index contributed by atoms with van der Waals surface area (Å²) < 4.78 is 1.89. The van der Waals surface area contributed by atoms with Crippen molar-refractivity contribution in [2.24, 2.45) is 0 Å². The summed E-state index contributed by atoms with van der Waals surface area (Å²) in [5.41, 5.74) is 1.11. The van der Waals surface area contributed by atoms with Gasteiger partial charge in [0, 0.05) is 13.0 Å². The Morgan fingerprint density at radius 1 is 1.33 bits per heavy atom. The van der Waals surface area contributed by atoms with Crippen molar-refractivity contribution in [2.45, 2.75) is 71.9 Å². The van der Waals surface area contributed by atoms with Gasteiger partial charge in [0.1, 0.15) is 0 Å². The molecule has 0 fully saturated rings. The van der Waals surface area contributed by atoms with Crippen LogP contribution in [0.1, 0.15) is 57.8 Å². The maximum atomic E-state index is 10.4. The van der Waals surface area contributed by atoms with E-state index >= 15 is 0 Å². The molecule has 1 unspecified atom stereocenters. The zero-order valence-electron chi connectivity index (χ0n) is 12.0. The second kappa shape index (κ2) is 6.58. The molecule has 1 aromatic heterocycles. The molecule has 104 valence electrons. The van der Waals surface area contributed by atoms with E-state index in [2.05, 4.69) is 12.0 Å². The van der Waals surface area contributed by atoms with Crippen LogP contribution in [0.3, 0.4) is 0 Å². The number of unbranched alkanes of at least 4 members (excludes halogenated alkanes) is 2. The second-order valence-corrected chi connectivity index (χ2v) is 5.67. The Morgan fingerprint density at radius 2 is 2.00 bits per heavy atom. The minimum absolute atomic E-state index is 0.574. The first-order valence-corrected chi connectivity index (χ1v) is 7.23. The Kier molecular flexibility index (Phi) is 5.67. The molecule has 1 rings (SSSR count). The Morgan fingerprint density at radius 3 is 2.56 bits per heavy atom. The fourth-order valence-corrected chi connectivity index (χ4v) is 2.44. The highest BCUT2D eigenvalue weighted by molar-refractivity contribution is 6.31. The zero-order chi connectivity index (χ0) is 13.8. The second-order valence-electron chi connectivity index (χ2n) is 5.29. The van der Waals surface area contributed by atoms with Crippen LogP contribution < -0.4 is 0 Å². The van der Waals surface area contributed by atoms with E-state index < -0.39 is 5.60 Å². The van der Waals surface area contributed by atoms with E-state index in [1.165, 1.54) is 6.42 Å². The number of aromatic nitrogens is 2. The van der Waals surface area contributed by atoms with Crippen LogP contribution in [0.4, 0.5) is 0 Å². The Labute approximate surface area is 115 Å². The number of hydrogen-bond acceptors (Lipinski definition) is 2. The lowest BCUT2D eigenvalue weighted by Crippen LogP contribution is -2.28. The summed E-state index contributed by atoms with van der Waals surface area (Å²) in [4.78, 5) is 0. The molecule has 0 saturated heterocycles. The van der Waals surface area contributed by atoms with Crippen molar-refractivity contribution in [2.75, 3.05) is 0 Å². The molecule has 3 nitrogen and oxygen atoms in total. The van der Waals surface area contributed by atoms with Gasteiger partial charge in [-0.3, -0.25) is 4.68 Å². The summed E-state index contributed by atoms with van der Waals surface area (Å²) in [6.07, 6.45) is 4.77. The molecule has 0 radical (unpaired) electrons. The molecule has 1 aromatic rings. The standard InChI is InChI=1S/C14H25ClN2O/c1-5-7-8-9-14(4,18)10-12-13(15)11(3)16-17(12)6-2/h18H,5-10H2,1-4H3. The molecule has 0 bridgehead atoms. The van der Waals surface area contributed by atoms with Crippen LogP contribution >= 0.6 is 11.6 Å². The van der Waals surface area contributed by atoms with Crippen LogP contribution in [-0.4, -0.2) is 20.5 Å². The normalized spacial score (nSPS) is 14.8. The van der Waals surface area contributed by atoms with E-state index in [9.17, 15) is 5.11 Å². The van der Waals surface area contributed by atoms with Gasteiger partial charge in [0.15, 0.2) is 0 Å². The maximum Gasteiger partial charge on any atom is 0.0848 e. The van der Waals surface area contributed by atoms with Crippen molar-refractivity contribution in [1.82, 2.24) is 9.78 Å². The smallest absolute Gasteiger partial charge is 0.0848 e. The lowest BCUT2D eigenvalue weighted by Gasteiger charge is -2.23. The lowest BCUT2D eigenvalue weighted by atomic mass is 9.93. The molecule has 4 heteroatoms. The van der Waals surface area contributed by atoms with E-state index in [0.717, 1.165) is 37.2 Å². The number of nitrogens with zero attached hydrogens (tertiary/aromatic N) is 2. The molecule has 0 aliphatic carbocycles. The van der Waals surface area contributed by atoms with Gasteiger partial charge in [-0.25, -0.2) is 0 Å². The van der Waals surface area contributed by atoms with Crippen molar-refractivity contribution in [1.29, 1.82) is 0 Å². The first-order valence-electron chi connectivity index (χ1n) is 6.85. The van der Waals surface area contributed by atoms with Crippen LogP contribution in [0, 0.1) is 6.92 Å². The van der Waals surface area contributed by atoms with E-state index in [4.69, 9.17) is 11.6 Å². The summed E-state index contributed by atoms with van der Waals surface area (Å²) in [5.74, 6) is 0. The fraction of sp³-hybridized carbons (Fsp3) is 0.786. The summed E-state index contributed by atoms with van der Waals surface area (Å²) in [7, 11) is 0. The van der Waals surface area contributed by atoms with Crippen molar-refractivity contribution in [3.63, 3.8) is 0 Å². The van der Waals surface area contributed by atoms with E-state index in [0.29, 0.717) is 11.4 Å². The van der Waals surface area contributed by atoms with Gasteiger partial charge < -0.3 is 5.11 Å². The van der Waals surface area contributed by atoms with Crippen molar-refractivity contribution < 1.29 is 5.11 Å². The first-order chi connectivity index (χ1) is 8.41. The minimum atomic E-state index is -0.696. The highest BCUT2D eigenvalue weighted by Gasteiger charge is 2.25. The Bertz CT molecular complexity index is 385. The van der Waals surface area contributed by atoms with Gasteiger partial charge in [-0.1, -0.05) is 37.8 Å². The van der Waals surface area contributed by atoms with Crippen LogP contribution in [-0.2, 0) is 13.0 Å². The average Bonchev–Trinajstić information content (AvgIpc) is 2.56. The molecule has 0 aromatic carbocycles. The third kappa shape index (κ3) is 3.99. The molecular formula is C14H25ClN2O. The molecule has 0 amide bonds. The van der Waals surface area contributed by atoms with Crippen molar-refractivity contribution >= 4 is 11.6 Å². The molecule has 0 aliphatic heterocycles. The minimum Gasteiger partial charge on any atom is -0.390 e. The molecular weight excluding hydrogens is 248 g/mol. The van der Waals surface area contributed by atoms with E-state index in [1.807, 2.05) is 25.5 Å². The summed E-state index contributed by atoms with van der Waals surface area (Å²) in [6.45, 7) is 8.79. The van der Waals surface area contributed by atoms with Crippen molar-refractivity contribution in [3.8, 4) is 0 Å². The molecule has 1 atom stereocenters. The average molecular weight is 273 g/mol. The summed E-state index contributed by atoms with van der Waals surface area (Å²) >= 11 is 6.27. The molecule has 0 spiro atoms. The van der Waals surface area contributed by atoms with Crippen LogP contribution in [0.15, 0.2) is 0 Å². The highest BCUT2D eigenvalue weighted by Crippen LogP contribution is 2.27. The molecule has 0 aliphatic rings. The van der Waals surface area contributed by atoms with E-state index in [-0.39, 0.29) is 0 Å². The predicted molar refractivity (Wildman–Crippen MR) is 76.1 cm³/mol. The highest BCUT2D eigenvalue weighted by atomic mass is 35.5. The zero-order valence-corrected chi connectivity index (χ0v) is 12.7. The summed E-state index contributed by atoms with van der Waals surface area (Å²) in [5, 5.41) is 15.5. The van der Waals surface area contributed by atoms with Gasteiger partial charge in [-0.15, -0.1) is 0 Å². The van der Waals surface area contributed by atoms with Crippen LogP contribution in [0.5, 0.6) is 0 Å². The Hall–Kier alpha value is -0.540. The van der Waals surface area contributed by atoms with Crippen LogP contribution in [0.25, 0.3) is 0 Å². The topological polar surface area (TPSA) is 38.1 Å². The number of rotatable bonds is 7. The lowest BCUT2D eigenvalue weighted by molar-refractivity contribution is 0.0466. The monoisotopic (exact) mass is 272 g/mol. The van der Waals surface area contributed by atoms with Crippen molar-refractivity contribution in [3.05, 3.63) is 16.4 Å². The van der Waals surface area contributed by atoms with Gasteiger partial charge in [0.05, 0.1) is 22.0 Å². The first kappa shape index (κ1) is 15.5. The van der Waals surface area contributed by atoms with E-state index in [1.54, 1.807) is 0 Å². The van der Waals surface area contributed by atoms with Gasteiger partial charge in [-0.05, 0) is 27.2 Å². The molecule has 18 heavy (non-hydrogen) atoms. The number of aryl methyl sites for hydroxylation is 2.